The van der Waals surface area contributed by atoms with Gasteiger partial charge in [0, 0.05) is 5.54 Å². The molecule has 18 heavy (non-hydrogen) atoms. The van der Waals surface area contributed by atoms with Gasteiger partial charge in [-0.25, -0.2) is 4.98 Å². The molecule has 0 aliphatic rings. The molecule has 0 amide bonds. The molecule has 0 aliphatic heterocycles. The van der Waals surface area contributed by atoms with Gasteiger partial charge in [-0.2, -0.15) is 24.7 Å². The van der Waals surface area contributed by atoms with Crippen LogP contribution >= 0.6 is 0 Å². The summed E-state index contributed by atoms with van der Waals surface area (Å²) in [5.74, 6) is 0.916. The summed E-state index contributed by atoms with van der Waals surface area (Å²) in [5, 5.41) is 7.16. The van der Waals surface area contributed by atoms with E-state index in [4.69, 9.17) is 5.73 Å². The van der Waals surface area contributed by atoms with Crippen LogP contribution in [0.25, 0.3) is 5.95 Å². The summed E-state index contributed by atoms with van der Waals surface area (Å²) >= 11 is 0. The van der Waals surface area contributed by atoms with Crippen LogP contribution in [0, 0.1) is 0 Å². The summed E-state index contributed by atoms with van der Waals surface area (Å²) in [6, 6.07) is 0. The number of hydrogen-bond donors (Lipinski definition) is 2. The van der Waals surface area contributed by atoms with Gasteiger partial charge in [0.2, 0.25) is 11.9 Å². The Morgan fingerprint density at radius 2 is 2.11 bits per heavy atom. The first-order chi connectivity index (χ1) is 8.50. The monoisotopic (exact) mass is 248 g/mol. The van der Waals surface area contributed by atoms with Crippen LogP contribution in [0.5, 0.6) is 0 Å². The molecule has 2 aromatic heterocycles. The molecular formula is C10H16N8. The van der Waals surface area contributed by atoms with E-state index in [9.17, 15) is 0 Å². The zero-order valence-electron chi connectivity index (χ0n) is 10.6. The van der Waals surface area contributed by atoms with Crippen LogP contribution in [0.3, 0.4) is 0 Å². The average Bonchev–Trinajstić information content (AvgIpc) is 2.81. The Balaban J connectivity index is 2.33. The molecule has 0 saturated carbocycles. The normalized spacial score (nSPS) is 11.5. The first kappa shape index (κ1) is 12.2. The third-order valence-corrected chi connectivity index (χ3v) is 2.60. The fourth-order valence-corrected chi connectivity index (χ4v) is 1.24. The van der Waals surface area contributed by atoms with Crippen LogP contribution in [0.4, 0.5) is 11.9 Å². The SMILES string of the molecule is CCC(C)(C)Nc1nc(N)nc(-n2cncn2)n1. The maximum absolute atomic E-state index is 5.66. The highest BCUT2D eigenvalue weighted by molar-refractivity contribution is 5.36. The highest BCUT2D eigenvalue weighted by atomic mass is 15.4. The van der Waals surface area contributed by atoms with Gasteiger partial charge in [0.05, 0.1) is 0 Å². The highest BCUT2D eigenvalue weighted by Crippen LogP contribution is 2.15. The van der Waals surface area contributed by atoms with Crippen LogP contribution in [0.15, 0.2) is 12.7 Å². The standard InChI is InChI=1S/C10H16N8/c1-4-10(2,3)17-8-14-7(11)15-9(16-8)18-6-12-5-13-18/h5-6H,4H2,1-3H3,(H3,11,14,15,16,17). The first-order valence-corrected chi connectivity index (χ1v) is 5.65. The van der Waals surface area contributed by atoms with E-state index in [-0.39, 0.29) is 11.5 Å². The molecule has 0 aliphatic carbocycles. The fourth-order valence-electron chi connectivity index (χ4n) is 1.24. The summed E-state index contributed by atoms with van der Waals surface area (Å²) in [6.07, 6.45) is 3.84. The Morgan fingerprint density at radius 1 is 1.33 bits per heavy atom. The Labute approximate surface area is 105 Å². The Morgan fingerprint density at radius 3 is 2.72 bits per heavy atom. The lowest BCUT2D eigenvalue weighted by Crippen LogP contribution is -2.31. The van der Waals surface area contributed by atoms with E-state index < -0.39 is 0 Å². The Hall–Kier alpha value is -2.25. The third kappa shape index (κ3) is 2.70. The second-order valence-electron chi connectivity index (χ2n) is 4.52. The van der Waals surface area contributed by atoms with Crippen LogP contribution in [0.1, 0.15) is 27.2 Å². The second-order valence-corrected chi connectivity index (χ2v) is 4.52. The molecule has 2 aromatic rings. The number of nitrogens with two attached hydrogens (primary N) is 1. The minimum Gasteiger partial charge on any atom is -0.368 e. The Kier molecular flexibility index (Phi) is 3.09. The van der Waals surface area contributed by atoms with Crippen molar-refractivity contribution in [1.29, 1.82) is 0 Å². The molecule has 2 heterocycles. The lowest BCUT2D eigenvalue weighted by Gasteiger charge is -2.24. The second kappa shape index (κ2) is 4.55. The predicted molar refractivity (Wildman–Crippen MR) is 67.1 cm³/mol. The summed E-state index contributed by atoms with van der Waals surface area (Å²) < 4.78 is 1.43. The van der Waals surface area contributed by atoms with Gasteiger partial charge in [0.15, 0.2) is 0 Å². The smallest absolute Gasteiger partial charge is 0.258 e. The quantitative estimate of drug-likeness (QED) is 0.817. The van der Waals surface area contributed by atoms with Crippen molar-refractivity contribution in [1.82, 2.24) is 29.7 Å². The molecule has 0 spiro atoms. The molecule has 0 saturated heterocycles. The van der Waals surface area contributed by atoms with Gasteiger partial charge in [-0.15, -0.1) is 0 Å². The molecule has 0 unspecified atom stereocenters. The van der Waals surface area contributed by atoms with Crippen molar-refractivity contribution in [3.05, 3.63) is 12.7 Å². The van der Waals surface area contributed by atoms with Gasteiger partial charge >= 0.3 is 0 Å². The van der Waals surface area contributed by atoms with E-state index in [0.717, 1.165) is 6.42 Å². The molecule has 0 radical (unpaired) electrons. The van der Waals surface area contributed by atoms with Crippen LogP contribution < -0.4 is 11.1 Å². The van der Waals surface area contributed by atoms with E-state index in [2.05, 4.69) is 51.1 Å². The minimum absolute atomic E-state index is 0.118. The number of aromatic nitrogens is 6. The molecular weight excluding hydrogens is 232 g/mol. The molecule has 0 fully saturated rings. The molecule has 8 nitrogen and oxygen atoms in total. The van der Waals surface area contributed by atoms with Crippen LogP contribution in [0.2, 0.25) is 0 Å². The van der Waals surface area contributed by atoms with Gasteiger partial charge in [0.1, 0.15) is 12.7 Å². The lowest BCUT2D eigenvalue weighted by atomic mass is 10.0. The van der Waals surface area contributed by atoms with E-state index in [1.54, 1.807) is 0 Å². The largest absolute Gasteiger partial charge is 0.368 e. The number of hydrogen-bond acceptors (Lipinski definition) is 7. The van der Waals surface area contributed by atoms with Gasteiger partial charge < -0.3 is 11.1 Å². The third-order valence-electron chi connectivity index (χ3n) is 2.60. The van der Waals surface area contributed by atoms with Gasteiger partial charge in [-0.05, 0) is 20.3 Å². The molecule has 0 atom stereocenters. The maximum atomic E-state index is 5.66. The van der Waals surface area contributed by atoms with Crippen molar-refractivity contribution in [2.75, 3.05) is 11.1 Å². The van der Waals surface area contributed by atoms with Gasteiger partial charge in [-0.1, -0.05) is 6.92 Å². The zero-order valence-corrected chi connectivity index (χ0v) is 10.6. The van der Waals surface area contributed by atoms with E-state index in [1.807, 2.05) is 0 Å². The zero-order chi connectivity index (χ0) is 13.2. The van der Waals surface area contributed by atoms with Crippen molar-refractivity contribution in [2.45, 2.75) is 32.7 Å². The topological polar surface area (TPSA) is 107 Å². The number of nitrogens with zero attached hydrogens (tertiary/aromatic N) is 6. The van der Waals surface area contributed by atoms with Crippen LogP contribution in [-0.4, -0.2) is 35.3 Å². The predicted octanol–water partition coefficient (Wildman–Crippen LogP) is 0.635. The van der Waals surface area contributed by atoms with Crippen molar-refractivity contribution in [3.63, 3.8) is 0 Å². The summed E-state index contributed by atoms with van der Waals surface area (Å²) in [6.45, 7) is 6.19. The van der Waals surface area contributed by atoms with E-state index >= 15 is 0 Å². The van der Waals surface area contributed by atoms with E-state index in [1.165, 1.54) is 17.3 Å². The first-order valence-electron chi connectivity index (χ1n) is 5.65. The van der Waals surface area contributed by atoms with Crippen molar-refractivity contribution >= 4 is 11.9 Å². The van der Waals surface area contributed by atoms with Crippen LogP contribution in [-0.2, 0) is 0 Å². The molecule has 96 valence electrons. The van der Waals surface area contributed by atoms with Crippen molar-refractivity contribution in [3.8, 4) is 5.95 Å². The molecule has 8 heteroatoms. The molecule has 2 rings (SSSR count). The number of nitrogens with one attached hydrogen (secondary N) is 1. The number of rotatable bonds is 4. The fraction of sp³-hybridized carbons (Fsp3) is 0.500. The molecule has 0 aromatic carbocycles. The Bertz CT molecular complexity index is 519. The van der Waals surface area contributed by atoms with Crippen molar-refractivity contribution < 1.29 is 0 Å². The van der Waals surface area contributed by atoms with E-state index in [0.29, 0.717) is 11.9 Å². The minimum atomic E-state index is -0.118. The summed E-state index contributed by atoms with van der Waals surface area (Å²) in [7, 11) is 0. The number of anilines is 2. The molecule has 0 bridgehead atoms. The summed E-state index contributed by atoms with van der Waals surface area (Å²) in [5.41, 5.74) is 5.54. The highest BCUT2D eigenvalue weighted by Gasteiger charge is 2.17. The number of nitrogen functional groups attached to an aromatic ring is 1. The van der Waals surface area contributed by atoms with Gasteiger partial charge in [-0.3, -0.25) is 0 Å². The molecule has 3 N–H and O–H groups in total. The summed E-state index contributed by atoms with van der Waals surface area (Å²) in [4.78, 5) is 16.2. The van der Waals surface area contributed by atoms with Gasteiger partial charge in [0.25, 0.3) is 5.95 Å². The van der Waals surface area contributed by atoms with Crippen molar-refractivity contribution in [2.24, 2.45) is 0 Å². The average molecular weight is 248 g/mol. The lowest BCUT2D eigenvalue weighted by molar-refractivity contribution is 0.541. The maximum Gasteiger partial charge on any atom is 0.258 e.